The highest BCUT2D eigenvalue weighted by Gasteiger charge is 2.42. The highest BCUT2D eigenvalue weighted by Crippen LogP contribution is 2.33. The summed E-state index contributed by atoms with van der Waals surface area (Å²) in [6.45, 7) is 10.0. The van der Waals surface area contributed by atoms with Crippen LogP contribution in [0.15, 0.2) is 0 Å². The number of ether oxygens (including phenoxy) is 1. The van der Waals surface area contributed by atoms with Crippen LogP contribution < -0.4 is 0 Å². The van der Waals surface area contributed by atoms with Gasteiger partial charge in [0.25, 0.3) is 0 Å². The summed E-state index contributed by atoms with van der Waals surface area (Å²) < 4.78 is 5.13. The van der Waals surface area contributed by atoms with Crippen molar-refractivity contribution < 1.29 is 14.3 Å². The predicted octanol–water partition coefficient (Wildman–Crippen LogP) is 3.25. The van der Waals surface area contributed by atoms with Gasteiger partial charge in [-0.3, -0.25) is 9.59 Å². The molecule has 1 amide bonds. The summed E-state index contributed by atoms with van der Waals surface area (Å²) >= 11 is 0. The molecule has 3 unspecified atom stereocenters. The van der Waals surface area contributed by atoms with Crippen LogP contribution in [-0.2, 0) is 14.3 Å². The predicted molar refractivity (Wildman–Crippen MR) is 83.8 cm³/mol. The first kappa shape index (κ1) is 18.0. The molecule has 1 fully saturated rings. The van der Waals surface area contributed by atoms with Crippen LogP contribution in [0.4, 0.5) is 0 Å². The van der Waals surface area contributed by atoms with E-state index in [-0.39, 0.29) is 11.9 Å². The van der Waals surface area contributed by atoms with Crippen molar-refractivity contribution in [2.45, 2.75) is 66.3 Å². The third-order valence-corrected chi connectivity index (χ3v) is 4.55. The van der Waals surface area contributed by atoms with E-state index in [9.17, 15) is 9.59 Å². The fraction of sp³-hybridized carbons (Fsp3) is 0.882. The topological polar surface area (TPSA) is 46.6 Å². The van der Waals surface area contributed by atoms with Crippen molar-refractivity contribution in [1.82, 2.24) is 4.90 Å². The monoisotopic (exact) mass is 297 g/mol. The number of nitrogens with zero attached hydrogens (tertiary/aromatic N) is 1. The first-order valence-corrected chi connectivity index (χ1v) is 8.13. The van der Waals surface area contributed by atoms with Gasteiger partial charge >= 0.3 is 5.97 Å². The molecule has 1 aliphatic rings. The number of rotatable bonds is 4. The fourth-order valence-corrected chi connectivity index (χ4v) is 3.29. The maximum Gasteiger partial charge on any atom is 0.319 e. The smallest absolute Gasteiger partial charge is 0.319 e. The van der Waals surface area contributed by atoms with Crippen LogP contribution in [0.2, 0.25) is 0 Å². The second kappa shape index (κ2) is 7.28. The molecule has 1 rings (SSSR count). The molecule has 0 N–H and O–H groups in total. The minimum Gasteiger partial charge on any atom is -0.465 e. The molecular formula is C17H31NO3. The van der Waals surface area contributed by atoms with Crippen LogP contribution in [0.3, 0.4) is 0 Å². The molecule has 0 aromatic carbocycles. The molecule has 0 aromatic heterocycles. The Balaban J connectivity index is 2.91. The summed E-state index contributed by atoms with van der Waals surface area (Å²) in [4.78, 5) is 26.9. The molecule has 0 saturated heterocycles. The van der Waals surface area contributed by atoms with E-state index >= 15 is 0 Å². The lowest BCUT2D eigenvalue weighted by Crippen LogP contribution is -2.50. The Labute approximate surface area is 129 Å². The van der Waals surface area contributed by atoms with Gasteiger partial charge in [-0.1, -0.05) is 40.5 Å². The van der Waals surface area contributed by atoms with Crippen molar-refractivity contribution in [3.63, 3.8) is 0 Å². The quantitative estimate of drug-likeness (QED) is 0.591. The van der Waals surface area contributed by atoms with Crippen molar-refractivity contribution in [3.05, 3.63) is 0 Å². The number of carbonyl (C=O) groups is 2. The number of hydrogen-bond donors (Lipinski definition) is 0. The van der Waals surface area contributed by atoms with Gasteiger partial charge in [0, 0.05) is 13.1 Å². The van der Waals surface area contributed by atoms with Crippen LogP contribution in [-0.4, -0.2) is 36.5 Å². The van der Waals surface area contributed by atoms with Gasteiger partial charge in [0.1, 0.15) is 5.92 Å². The van der Waals surface area contributed by atoms with E-state index in [4.69, 9.17) is 4.74 Å². The SMILES string of the molecule is CCOC(=O)C(C(=O)N(C)C1CCCCC1C)C(C)(C)C. The van der Waals surface area contributed by atoms with Gasteiger partial charge in [-0.15, -0.1) is 0 Å². The summed E-state index contributed by atoms with van der Waals surface area (Å²) in [7, 11) is 1.84. The molecule has 21 heavy (non-hydrogen) atoms. The van der Waals surface area contributed by atoms with Crippen LogP contribution in [0.1, 0.15) is 60.3 Å². The van der Waals surface area contributed by atoms with Crippen molar-refractivity contribution in [2.75, 3.05) is 13.7 Å². The average Bonchev–Trinajstić information content (AvgIpc) is 2.37. The van der Waals surface area contributed by atoms with Gasteiger partial charge in [-0.2, -0.15) is 0 Å². The molecule has 4 nitrogen and oxygen atoms in total. The van der Waals surface area contributed by atoms with Crippen LogP contribution in [0.5, 0.6) is 0 Å². The van der Waals surface area contributed by atoms with Gasteiger partial charge in [-0.25, -0.2) is 0 Å². The number of hydrogen-bond acceptors (Lipinski definition) is 3. The van der Waals surface area contributed by atoms with Crippen molar-refractivity contribution in [3.8, 4) is 0 Å². The zero-order valence-electron chi connectivity index (χ0n) is 14.4. The van der Waals surface area contributed by atoms with E-state index in [1.54, 1.807) is 11.8 Å². The lowest BCUT2D eigenvalue weighted by atomic mass is 9.78. The number of amides is 1. The second-order valence-electron chi connectivity index (χ2n) is 7.33. The molecule has 1 aliphatic carbocycles. The van der Waals surface area contributed by atoms with E-state index in [0.29, 0.717) is 12.5 Å². The summed E-state index contributed by atoms with van der Waals surface area (Å²) in [5, 5.41) is 0. The molecule has 4 heteroatoms. The van der Waals surface area contributed by atoms with Crippen molar-refractivity contribution in [1.29, 1.82) is 0 Å². The van der Waals surface area contributed by atoms with Crippen molar-refractivity contribution >= 4 is 11.9 Å². The Morgan fingerprint density at radius 2 is 1.81 bits per heavy atom. The fourth-order valence-electron chi connectivity index (χ4n) is 3.29. The summed E-state index contributed by atoms with van der Waals surface area (Å²) in [6, 6.07) is 0.241. The molecule has 0 radical (unpaired) electrons. The molecule has 0 spiro atoms. The van der Waals surface area contributed by atoms with Crippen LogP contribution in [0, 0.1) is 17.3 Å². The molecule has 1 saturated carbocycles. The molecular weight excluding hydrogens is 266 g/mol. The lowest BCUT2D eigenvalue weighted by Gasteiger charge is -2.39. The molecule has 122 valence electrons. The van der Waals surface area contributed by atoms with Crippen LogP contribution >= 0.6 is 0 Å². The normalized spacial score (nSPS) is 24.3. The largest absolute Gasteiger partial charge is 0.465 e. The zero-order valence-corrected chi connectivity index (χ0v) is 14.4. The Kier molecular flexibility index (Phi) is 6.24. The van der Waals surface area contributed by atoms with Gasteiger partial charge in [-0.05, 0) is 31.1 Å². The summed E-state index contributed by atoms with van der Waals surface area (Å²) in [5.41, 5.74) is -0.435. The Morgan fingerprint density at radius 3 is 2.29 bits per heavy atom. The molecule has 0 aromatic rings. The number of carbonyl (C=O) groups excluding carboxylic acids is 2. The zero-order chi connectivity index (χ0) is 16.2. The van der Waals surface area contributed by atoms with E-state index < -0.39 is 17.3 Å². The van der Waals surface area contributed by atoms with E-state index in [1.165, 1.54) is 6.42 Å². The minimum absolute atomic E-state index is 0.0975. The second-order valence-corrected chi connectivity index (χ2v) is 7.33. The molecule has 0 heterocycles. The Hall–Kier alpha value is -1.06. The van der Waals surface area contributed by atoms with E-state index in [2.05, 4.69) is 6.92 Å². The lowest BCUT2D eigenvalue weighted by molar-refractivity contribution is -0.161. The third kappa shape index (κ3) is 4.45. The van der Waals surface area contributed by atoms with Gasteiger partial charge in [0.15, 0.2) is 0 Å². The van der Waals surface area contributed by atoms with Crippen LogP contribution in [0.25, 0.3) is 0 Å². The highest BCUT2D eigenvalue weighted by molar-refractivity contribution is 5.98. The van der Waals surface area contributed by atoms with E-state index in [0.717, 1.165) is 19.3 Å². The third-order valence-electron chi connectivity index (χ3n) is 4.55. The molecule has 3 atom stereocenters. The summed E-state index contributed by atoms with van der Waals surface area (Å²) in [5.74, 6) is -0.725. The van der Waals surface area contributed by atoms with Gasteiger partial charge < -0.3 is 9.64 Å². The average molecular weight is 297 g/mol. The standard InChI is InChI=1S/C17H31NO3/c1-7-21-16(20)14(17(3,4)5)15(19)18(6)13-11-9-8-10-12(13)2/h12-14H,7-11H2,1-6H3. The van der Waals surface area contributed by atoms with Gasteiger partial charge in [0.2, 0.25) is 5.91 Å². The highest BCUT2D eigenvalue weighted by atomic mass is 16.5. The molecule has 0 bridgehead atoms. The maximum absolute atomic E-state index is 12.9. The molecule has 0 aliphatic heterocycles. The first-order chi connectivity index (χ1) is 9.70. The maximum atomic E-state index is 12.9. The Morgan fingerprint density at radius 1 is 1.24 bits per heavy atom. The Bertz CT molecular complexity index is 373. The first-order valence-electron chi connectivity index (χ1n) is 8.13. The van der Waals surface area contributed by atoms with Crippen molar-refractivity contribution in [2.24, 2.45) is 17.3 Å². The summed E-state index contributed by atoms with van der Waals surface area (Å²) in [6.07, 6.45) is 4.58. The minimum atomic E-state index is -0.725. The van der Waals surface area contributed by atoms with Gasteiger partial charge in [0.05, 0.1) is 6.61 Å². The number of esters is 1. The van der Waals surface area contributed by atoms with E-state index in [1.807, 2.05) is 27.8 Å².